The Kier molecular flexibility index (Phi) is 7.06. The van der Waals surface area contributed by atoms with Crippen molar-refractivity contribution in [2.24, 2.45) is 11.8 Å². The van der Waals surface area contributed by atoms with E-state index in [9.17, 15) is 0 Å². The van der Waals surface area contributed by atoms with Crippen LogP contribution in [0.2, 0.25) is 0 Å². The Hall–Kier alpha value is -0.0800. The molecule has 1 fully saturated rings. The Morgan fingerprint density at radius 3 is 2.69 bits per heavy atom. The first-order valence-electron chi connectivity index (χ1n) is 7.08. The highest BCUT2D eigenvalue weighted by Crippen LogP contribution is 2.29. The summed E-state index contributed by atoms with van der Waals surface area (Å²) in [5.41, 5.74) is 0. The zero-order valence-corrected chi connectivity index (χ0v) is 11.0. The van der Waals surface area contributed by atoms with Gasteiger partial charge in [-0.2, -0.15) is 0 Å². The normalized spacial score (nSPS) is 26.2. The number of rotatable bonds is 7. The molecule has 0 aromatic carbocycles. The van der Waals surface area contributed by atoms with Crippen LogP contribution < -0.4 is 5.32 Å². The minimum atomic E-state index is 0.346. The maximum Gasteiger partial charge on any atom is 0.0431 e. The van der Waals surface area contributed by atoms with Crippen LogP contribution in [0.5, 0.6) is 0 Å². The monoisotopic (exact) mass is 227 g/mol. The van der Waals surface area contributed by atoms with Crippen LogP contribution >= 0.6 is 0 Å². The molecule has 2 nitrogen and oxygen atoms in total. The van der Waals surface area contributed by atoms with Crippen LogP contribution in [0.4, 0.5) is 0 Å². The quantitative estimate of drug-likeness (QED) is 0.655. The SMILES string of the molecule is CC(C)C1CCCC(NCCCCCO)C1. The predicted octanol–water partition coefficient (Wildman–Crippen LogP) is 2.95. The lowest BCUT2D eigenvalue weighted by molar-refractivity contribution is 0.230. The molecule has 1 aliphatic rings. The molecule has 0 saturated heterocycles. The molecular weight excluding hydrogens is 198 g/mol. The third kappa shape index (κ3) is 5.31. The van der Waals surface area contributed by atoms with Gasteiger partial charge in [-0.15, -0.1) is 0 Å². The van der Waals surface area contributed by atoms with Gasteiger partial charge in [0, 0.05) is 12.6 Å². The van der Waals surface area contributed by atoms with Crippen LogP contribution in [0, 0.1) is 11.8 Å². The topological polar surface area (TPSA) is 32.3 Å². The zero-order chi connectivity index (χ0) is 11.8. The van der Waals surface area contributed by atoms with Crippen molar-refractivity contribution in [1.82, 2.24) is 5.32 Å². The fourth-order valence-corrected chi connectivity index (χ4v) is 2.74. The molecule has 0 heterocycles. The number of hydrogen-bond acceptors (Lipinski definition) is 2. The highest BCUT2D eigenvalue weighted by molar-refractivity contribution is 4.79. The second-order valence-electron chi connectivity index (χ2n) is 5.61. The van der Waals surface area contributed by atoms with Gasteiger partial charge >= 0.3 is 0 Å². The smallest absolute Gasteiger partial charge is 0.0431 e. The van der Waals surface area contributed by atoms with Crippen LogP contribution in [0.3, 0.4) is 0 Å². The lowest BCUT2D eigenvalue weighted by atomic mass is 9.79. The van der Waals surface area contributed by atoms with Gasteiger partial charge in [-0.05, 0) is 50.5 Å². The van der Waals surface area contributed by atoms with Gasteiger partial charge in [0.2, 0.25) is 0 Å². The van der Waals surface area contributed by atoms with Gasteiger partial charge in [-0.1, -0.05) is 26.7 Å². The van der Waals surface area contributed by atoms with Crippen LogP contribution in [0.15, 0.2) is 0 Å². The van der Waals surface area contributed by atoms with Crippen molar-refractivity contribution in [3.63, 3.8) is 0 Å². The van der Waals surface area contributed by atoms with E-state index in [2.05, 4.69) is 19.2 Å². The summed E-state index contributed by atoms with van der Waals surface area (Å²) in [5, 5.41) is 12.4. The average Bonchev–Trinajstić information content (AvgIpc) is 2.29. The van der Waals surface area contributed by atoms with E-state index < -0.39 is 0 Å². The second kappa shape index (κ2) is 8.08. The molecule has 16 heavy (non-hydrogen) atoms. The summed E-state index contributed by atoms with van der Waals surface area (Å²) in [5.74, 6) is 1.78. The Balaban J connectivity index is 2.07. The molecule has 1 aliphatic carbocycles. The summed E-state index contributed by atoms with van der Waals surface area (Å²) in [6.45, 7) is 6.19. The molecule has 2 N–H and O–H groups in total. The Morgan fingerprint density at radius 1 is 1.19 bits per heavy atom. The fraction of sp³-hybridized carbons (Fsp3) is 1.00. The van der Waals surface area contributed by atoms with Gasteiger partial charge in [0.15, 0.2) is 0 Å². The van der Waals surface area contributed by atoms with Gasteiger partial charge in [0.05, 0.1) is 0 Å². The minimum Gasteiger partial charge on any atom is -0.396 e. The van der Waals surface area contributed by atoms with E-state index in [1.807, 2.05) is 0 Å². The maximum absolute atomic E-state index is 8.69. The Bertz CT molecular complexity index is 170. The van der Waals surface area contributed by atoms with E-state index in [0.717, 1.165) is 37.3 Å². The van der Waals surface area contributed by atoms with E-state index >= 15 is 0 Å². The highest BCUT2D eigenvalue weighted by atomic mass is 16.2. The van der Waals surface area contributed by atoms with Crippen molar-refractivity contribution in [2.75, 3.05) is 13.2 Å². The predicted molar refractivity (Wildman–Crippen MR) is 69.5 cm³/mol. The van der Waals surface area contributed by atoms with Gasteiger partial charge < -0.3 is 10.4 Å². The number of aliphatic hydroxyl groups excluding tert-OH is 1. The third-order valence-electron chi connectivity index (χ3n) is 3.93. The van der Waals surface area contributed by atoms with E-state index in [-0.39, 0.29) is 0 Å². The van der Waals surface area contributed by atoms with Crippen LogP contribution in [0.1, 0.15) is 58.8 Å². The number of hydrogen-bond donors (Lipinski definition) is 2. The van der Waals surface area contributed by atoms with Crippen molar-refractivity contribution in [1.29, 1.82) is 0 Å². The minimum absolute atomic E-state index is 0.346. The molecule has 0 spiro atoms. The summed E-state index contributed by atoms with van der Waals surface area (Å²) >= 11 is 0. The van der Waals surface area contributed by atoms with E-state index in [1.165, 1.54) is 32.1 Å². The summed E-state index contributed by atoms with van der Waals surface area (Å²) in [4.78, 5) is 0. The molecular formula is C14H29NO. The molecule has 0 bridgehead atoms. The summed E-state index contributed by atoms with van der Waals surface area (Å²) in [6, 6.07) is 0.760. The Morgan fingerprint density at radius 2 is 2.00 bits per heavy atom. The molecule has 2 atom stereocenters. The van der Waals surface area contributed by atoms with Gasteiger partial charge in [-0.3, -0.25) is 0 Å². The Labute approximate surface area is 101 Å². The van der Waals surface area contributed by atoms with Crippen molar-refractivity contribution in [2.45, 2.75) is 64.8 Å². The third-order valence-corrected chi connectivity index (χ3v) is 3.93. The largest absolute Gasteiger partial charge is 0.396 e. The van der Waals surface area contributed by atoms with E-state index in [4.69, 9.17) is 5.11 Å². The lowest BCUT2D eigenvalue weighted by Crippen LogP contribution is -2.36. The molecule has 0 aromatic heterocycles. The van der Waals surface area contributed by atoms with Crippen molar-refractivity contribution < 1.29 is 5.11 Å². The lowest BCUT2D eigenvalue weighted by Gasteiger charge is -2.32. The van der Waals surface area contributed by atoms with Crippen LogP contribution in [-0.2, 0) is 0 Å². The molecule has 2 heteroatoms. The molecule has 0 aromatic rings. The highest BCUT2D eigenvalue weighted by Gasteiger charge is 2.23. The van der Waals surface area contributed by atoms with Gasteiger partial charge in [0.1, 0.15) is 0 Å². The summed E-state index contributed by atoms with van der Waals surface area (Å²) in [6.07, 6.45) is 8.90. The van der Waals surface area contributed by atoms with E-state index in [1.54, 1.807) is 0 Å². The molecule has 2 unspecified atom stereocenters. The molecule has 1 rings (SSSR count). The van der Waals surface area contributed by atoms with Crippen molar-refractivity contribution in [3.8, 4) is 0 Å². The molecule has 0 radical (unpaired) electrons. The molecule has 0 aliphatic heterocycles. The van der Waals surface area contributed by atoms with Gasteiger partial charge in [-0.25, -0.2) is 0 Å². The second-order valence-corrected chi connectivity index (χ2v) is 5.61. The summed E-state index contributed by atoms with van der Waals surface area (Å²) < 4.78 is 0. The first-order chi connectivity index (χ1) is 7.74. The average molecular weight is 227 g/mol. The van der Waals surface area contributed by atoms with Crippen molar-refractivity contribution in [3.05, 3.63) is 0 Å². The standard InChI is InChI=1S/C14H29NO/c1-12(2)13-7-6-8-14(11-13)15-9-4-3-5-10-16/h12-16H,3-11H2,1-2H3. The first kappa shape index (κ1) is 14.0. The number of unbranched alkanes of at least 4 members (excludes halogenated alkanes) is 2. The zero-order valence-electron chi connectivity index (χ0n) is 11.0. The van der Waals surface area contributed by atoms with Crippen LogP contribution in [0.25, 0.3) is 0 Å². The van der Waals surface area contributed by atoms with E-state index in [0.29, 0.717) is 6.61 Å². The van der Waals surface area contributed by atoms with Crippen molar-refractivity contribution >= 4 is 0 Å². The first-order valence-corrected chi connectivity index (χ1v) is 7.08. The summed E-state index contributed by atoms with van der Waals surface area (Å²) in [7, 11) is 0. The fourth-order valence-electron chi connectivity index (χ4n) is 2.74. The molecule has 1 saturated carbocycles. The maximum atomic E-state index is 8.69. The number of aliphatic hydroxyl groups is 1. The molecule has 0 amide bonds. The van der Waals surface area contributed by atoms with Crippen LogP contribution in [-0.4, -0.2) is 24.3 Å². The number of nitrogens with one attached hydrogen (secondary N) is 1. The van der Waals surface area contributed by atoms with Gasteiger partial charge in [0.25, 0.3) is 0 Å². The molecule has 96 valence electrons.